The third-order valence-corrected chi connectivity index (χ3v) is 6.14. The molecular weight excluding hydrogens is 473 g/mol. The van der Waals surface area contributed by atoms with Crippen LogP contribution in [0.25, 0.3) is 11.0 Å². The standard InChI is InChI=1S/C27H19ClFNO5/c1-34-21-13-18(28)11-17-12-20(35-26(17)21)24(31)22-23(16-5-3-2-4-6-16)30(27(33)25(22)32)14-15-7-9-19(29)10-8-15/h2-13,23,32H,14H2,1H3. The number of amides is 1. The maximum absolute atomic E-state index is 13.7. The van der Waals surface area contributed by atoms with Crippen molar-refractivity contribution in [2.24, 2.45) is 0 Å². The van der Waals surface area contributed by atoms with Crippen LogP contribution >= 0.6 is 11.6 Å². The Kier molecular flexibility index (Phi) is 5.78. The Bertz CT molecular complexity index is 1480. The fraction of sp³-hybridized carbons (Fsp3) is 0.111. The van der Waals surface area contributed by atoms with Crippen molar-refractivity contribution >= 4 is 34.3 Å². The van der Waals surface area contributed by atoms with Gasteiger partial charge in [0.05, 0.1) is 18.7 Å². The van der Waals surface area contributed by atoms with Gasteiger partial charge in [0.2, 0.25) is 5.78 Å². The van der Waals surface area contributed by atoms with Crippen molar-refractivity contribution in [3.63, 3.8) is 0 Å². The van der Waals surface area contributed by atoms with Crippen molar-refractivity contribution in [3.05, 3.63) is 112 Å². The minimum absolute atomic E-state index is 0.0586. The van der Waals surface area contributed by atoms with Crippen LogP contribution in [0.3, 0.4) is 0 Å². The summed E-state index contributed by atoms with van der Waals surface area (Å²) in [6.07, 6.45) is 0. The summed E-state index contributed by atoms with van der Waals surface area (Å²) in [6, 6.07) is 18.4. The highest BCUT2D eigenvalue weighted by molar-refractivity contribution is 6.31. The molecular formula is C27H19ClFNO5. The lowest BCUT2D eigenvalue weighted by molar-refractivity contribution is -0.130. The average molecular weight is 492 g/mol. The number of Topliss-reactive ketones (excluding diaryl/α,β-unsaturated/α-hetero) is 1. The molecule has 6 nitrogen and oxygen atoms in total. The fourth-order valence-electron chi connectivity index (χ4n) is 4.30. The molecule has 1 aromatic heterocycles. The largest absolute Gasteiger partial charge is 0.503 e. The Hall–Kier alpha value is -4.10. The zero-order chi connectivity index (χ0) is 24.7. The van der Waals surface area contributed by atoms with E-state index >= 15 is 0 Å². The van der Waals surface area contributed by atoms with Gasteiger partial charge in [0, 0.05) is 23.0 Å². The van der Waals surface area contributed by atoms with Crippen LogP contribution in [0.1, 0.15) is 27.7 Å². The van der Waals surface area contributed by atoms with Gasteiger partial charge in [-0.3, -0.25) is 9.59 Å². The van der Waals surface area contributed by atoms with Gasteiger partial charge in [-0.1, -0.05) is 54.1 Å². The first-order valence-electron chi connectivity index (χ1n) is 10.7. The van der Waals surface area contributed by atoms with Crippen LogP contribution < -0.4 is 4.74 Å². The van der Waals surface area contributed by atoms with Crippen LogP contribution in [0.4, 0.5) is 4.39 Å². The molecule has 1 amide bonds. The maximum atomic E-state index is 13.7. The van der Waals surface area contributed by atoms with Crippen LogP contribution in [0.2, 0.25) is 5.02 Å². The summed E-state index contributed by atoms with van der Waals surface area (Å²) >= 11 is 6.14. The summed E-state index contributed by atoms with van der Waals surface area (Å²) < 4.78 is 24.5. The molecule has 1 atom stereocenters. The number of hydrogen-bond acceptors (Lipinski definition) is 5. The predicted octanol–water partition coefficient (Wildman–Crippen LogP) is 6.01. The quantitative estimate of drug-likeness (QED) is 0.334. The second kappa shape index (κ2) is 8.92. The number of rotatable bonds is 6. The van der Waals surface area contributed by atoms with Gasteiger partial charge >= 0.3 is 0 Å². The molecule has 1 aliphatic heterocycles. The van der Waals surface area contributed by atoms with E-state index < -0.39 is 29.3 Å². The summed E-state index contributed by atoms with van der Waals surface area (Å²) in [4.78, 5) is 28.2. The molecule has 0 bridgehead atoms. The number of ketones is 1. The number of halogens is 2. The first-order valence-corrected chi connectivity index (χ1v) is 11.1. The third kappa shape index (κ3) is 4.04. The fourth-order valence-corrected chi connectivity index (χ4v) is 4.52. The van der Waals surface area contributed by atoms with E-state index in [2.05, 4.69) is 0 Å². The minimum atomic E-state index is -0.875. The summed E-state index contributed by atoms with van der Waals surface area (Å²) in [5.41, 5.74) is 1.49. The summed E-state index contributed by atoms with van der Waals surface area (Å²) in [5.74, 6) is -2.12. The average Bonchev–Trinajstić information content (AvgIpc) is 3.39. The molecule has 1 unspecified atom stereocenters. The van der Waals surface area contributed by atoms with Gasteiger partial charge < -0.3 is 19.2 Å². The normalized spacial score (nSPS) is 15.8. The second-order valence-electron chi connectivity index (χ2n) is 8.10. The molecule has 0 radical (unpaired) electrons. The van der Waals surface area contributed by atoms with E-state index in [0.29, 0.717) is 32.9 Å². The molecule has 0 saturated carbocycles. The lowest BCUT2D eigenvalue weighted by Crippen LogP contribution is -2.30. The maximum Gasteiger partial charge on any atom is 0.290 e. The van der Waals surface area contributed by atoms with Gasteiger partial charge in [0.1, 0.15) is 5.82 Å². The molecule has 3 aromatic carbocycles. The number of aliphatic hydroxyl groups excluding tert-OH is 1. The van der Waals surface area contributed by atoms with Crippen molar-refractivity contribution in [3.8, 4) is 5.75 Å². The molecule has 1 aliphatic rings. The Labute approximate surface area is 204 Å². The van der Waals surface area contributed by atoms with Crippen LogP contribution in [0, 0.1) is 5.82 Å². The molecule has 0 saturated heterocycles. The number of furan rings is 1. The van der Waals surface area contributed by atoms with Crippen molar-refractivity contribution < 1.29 is 28.2 Å². The SMILES string of the molecule is COc1cc(Cl)cc2cc(C(=O)C3=C(O)C(=O)N(Cc4ccc(F)cc4)C3c3ccccc3)oc12. The molecule has 0 aliphatic carbocycles. The predicted molar refractivity (Wildman–Crippen MR) is 128 cm³/mol. The molecule has 176 valence electrons. The number of aliphatic hydroxyl groups is 1. The third-order valence-electron chi connectivity index (χ3n) is 5.92. The van der Waals surface area contributed by atoms with Gasteiger partial charge in [-0.25, -0.2) is 4.39 Å². The first-order chi connectivity index (χ1) is 16.9. The highest BCUT2D eigenvalue weighted by Crippen LogP contribution is 2.41. The monoisotopic (exact) mass is 491 g/mol. The Morgan fingerprint density at radius 2 is 1.83 bits per heavy atom. The van der Waals surface area contributed by atoms with Crippen LogP contribution in [0.15, 0.2) is 88.5 Å². The van der Waals surface area contributed by atoms with E-state index in [-0.39, 0.29) is 17.9 Å². The Morgan fingerprint density at radius 1 is 1.11 bits per heavy atom. The Balaban J connectivity index is 1.59. The number of hydrogen-bond donors (Lipinski definition) is 1. The number of fused-ring (bicyclic) bond motifs is 1. The van der Waals surface area contributed by atoms with E-state index in [1.165, 1.54) is 30.2 Å². The van der Waals surface area contributed by atoms with Crippen molar-refractivity contribution in [2.45, 2.75) is 12.6 Å². The smallest absolute Gasteiger partial charge is 0.290 e. The zero-order valence-electron chi connectivity index (χ0n) is 18.5. The lowest BCUT2D eigenvalue weighted by Gasteiger charge is -2.26. The molecule has 4 aromatic rings. The number of carbonyl (C=O) groups excluding carboxylic acids is 2. The molecule has 8 heteroatoms. The minimum Gasteiger partial charge on any atom is -0.503 e. The van der Waals surface area contributed by atoms with Crippen LogP contribution in [-0.4, -0.2) is 28.8 Å². The molecule has 1 N–H and O–H groups in total. The highest BCUT2D eigenvalue weighted by Gasteiger charge is 2.44. The number of benzene rings is 3. The Morgan fingerprint density at radius 3 is 2.51 bits per heavy atom. The van der Waals surface area contributed by atoms with Crippen LogP contribution in [-0.2, 0) is 11.3 Å². The molecule has 2 heterocycles. The van der Waals surface area contributed by atoms with Crippen molar-refractivity contribution in [1.82, 2.24) is 4.90 Å². The van der Waals surface area contributed by atoms with E-state index in [1.54, 1.807) is 48.5 Å². The molecule has 0 fully saturated rings. The van der Waals surface area contributed by atoms with Crippen LogP contribution in [0.5, 0.6) is 5.75 Å². The highest BCUT2D eigenvalue weighted by atomic mass is 35.5. The number of nitrogens with zero attached hydrogens (tertiary/aromatic N) is 1. The van der Waals surface area contributed by atoms with Gasteiger partial charge in [-0.05, 0) is 35.4 Å². The van der Waals surface area contributed by atoms with E-state index in [1.807, 2.05) is 6.07 Å². The van der Waals surface area contributed by atoms with E-state index in [4.69, 9.17) is 20.8 Å². The number of ether oxygens (including phenoxy) is 1. The molecule has 35 heavy (non-hydrogen) atoms. The molecule has 5 rings (SSSR count). The second-order valence-corrected chi connectivity index (χ2v) is 8.54. The summed E-state index contributed by atoms with van der Waals surface area (Å²) in [6.45, 7) is 0.0586. The van der Waals surface area contributed by atoms with Crippen molar-refractivity contribution in [2.75, 3.05) is 7.11 Å². The lowest BCUT2D eigenvalue weighted by atomic mass is 9.95. The van der Waals surface area contributed by atoms with Gasteiger partial charge in [-0.15, -0.1) is 0 Å². The van der Waals surface area contributed by atoms with E-state index in [9.17, 15) is 19.1 Å². The summed E-state index contributed by atoms with van der Waals surface area (Å²) in [5, 5.41) is 11.8. The van der Waals surface area contributed by atoms with Gasteiger partial charge in [0.15, 0.2) is 22.9 Å². The van der Waals surface area contributed by atoms with E-state index in [0.717, 1.165) is 0 Å². The summed E-state index contributed by atoms with van der Waals surface area (Å²) in [7, 11) is 1.46. The molecule has 0 spiro atoms. The van der Waals surface area contributed by atoms with Gasteiger partial charge in [-0.2, -0.15) is 0 Å². The van der Waals surface area contributed by atoms with Crippen molar-refractivity contribution in [1.29, 1.82) is 0 Å². The first kappa shape index (κ1) is 22.7. The van der Waals surface area contributed by atoms with Gasteiger partial charge in [0.25, 0.3) is 5.91 Å². The number of carbonyl (C=O) groups is 2. The topological polar surface area (TPSA) is 80.0 Å². The number of methoxy groups -OCH3 is 1. The zero-order valence-corrected chi connectivity index (χ0v) is 19.3.